The van der Waals surface area contributed by atoms with Gasteiger partial charge in [0.05, 0.1) is 27.4 Å². The molecule has 0 fully saturated rings. The molecule has 102 valence electrons. The number of carbonyl (C=O) groups excluding carboxylic acids is 1. The van der Waals surface area contributed by atoms with Gasteiger partial charge in [0.2, 0.25) is 5.76 Å². The van der Waals surface area contributed by atoms with Crippen LogP contribution >= 0.6 is 0 Å². The molecular weight excluding hydrogens is 252 g/mol. The van der Waals surface area contributed by atoms with Gasteiger partial charge in [-0.05, 0) is 17.7 Å². The normalized spacial score (nSPS) is 10.7. The lowest BCUT2D eigenvalue weighted by Crippen LogP contribution is -1.99. The van der Waals surface area contributed by atoms with Crippen molar-refractivity contribution in [1.29, 1.82) is 0 Å². The van der Waals surface area contributed by atoms with Crippen molar-refractivity contribution in [3.05, 3.63) is 29.0 Å². The molecule has 6 nitrogen and oxygen atoms in total. The molecule has 0 radical (unpaired) electrons. The summed E-state index contributed by atoms with van der Waals surface area (Å²) in [6.07, 6.45) is 0. The maximum atomic E-state index is 11.4. The number of hydrogen-bond acceptors (Lipinski definition) is 6. The first-order chi connectivity index (χ1) is 9.15. The monoisotopic (exact) mass is 266 g/mol. The summed E-state index contributed by atoms with van der Waals surface area (Å²) in [6, 6.07) is 3.14. The summed E-state index contributed by atoms with van der Waals surface area (Å²) >= 11 is 0. The second-order valence-electron chi connectivity index (χ2n) is 3.88. The fraction of sp³-hybridized carbons (Fsp3) is 0.308. The number of benzene rings is 1. The molecule has 1 aromatic heterocycles. The zero-order chi connectivity index (χ0) is 14.0. The molecule has 0 bridgehead atoms. The molecule has 0 aliphatic carbocycles. The van der Waals surface area contributed by atoms with Gasteiger partial charge in [-0.1, -0.05) is 0 Å². The van der Waals surface area contributed by atoms with E-state index in [0.29, 0.717) is 27.8 Å². The van der Waals surface area contributed by atoms with Gasteiger partial charge in [0, 0.05) is 10.9 Å². The van der Waals surface area contributed by atoms with E-state index in [4.69, 9.17) is 9.15 Å². The molecule has 0 spiro atoms. The Morgan fingerprint density at radius 1 is 1.26 bits per heavy atom. The minimum absolute atomic E-state index is 0.0368. The largest absolute Gasteiger partial charge is 0.492 e. The molecule has 0 aliphatic heterocycles. The van der Waals surface area contributed by atoms with Crippen molar-refractivity contribution >= 4 is 16.9 Å². The third-order valence-corrected chi connectivity index (χ3v) is 2.88. The Hall–Kier alpha value is -2.05. The van der Waals surface area contributed by atoms with Gasteiger partial charge in [-0.25, -0.2) is 4.79 Å². The van der Waals surface area contributed by atoms with Crippen LogP contribution in [-0.4, -0.2) is 30.4 Å². The highest BCUT2D eigenvalue weighted by Crippen LogP contribution is 2.35. The van der Waals surface area contributed by atoms with Crippen molar-refractivity contribution in [2.45, 2.75) is 13.2 Å². The Morgan fingerprint density at radius 2 is 2.00 bits per heavy atom. The van der Waals surface area contributed by atoms with E-state index in [1.165, 1.54) is 20.3 Å². The number of carbonyl (C=O) groups is 1. The van der Waals surface area contributed by atoms with Crippen LogP contribution < -0.4 is 4.74 Å². The smallest absolute Gasteiger partial charge is 0.373 e. The summed E-state index contributed by atoms with van der Waals surface area (Å²) in [4.78, 5) is 11.4. The second kappa shape index (κ2) is 5.29. The predicted molar refractivity (Wildman–Crippen MR) is 66.0 cm³/mol. The molecule has 0 atom stereocenters. The molecule has 0 saturated heterocycles. The van der Waals surface area contributed by atoms with E-state index in [0.717, 1.165) is 0 Å². The van der Waals surface area contributed by atoms with Crippen LogP contribution in [0.15, 0.2) is 16.5 Å². The molecule has 0 aliphatic rings. The van der Waals surface area contributed by atoms with Gasteiger partial charge in [0.25, 0.3) is 0 Å². The average Bonchev–Trinajstić information content (AvgIpc) is 2.87. The Balaban J connectivity index is 2.73. The van der Waals surface area contributed by atoms with Crippen LogP contribution in [0.1, 0.15) is 21.7 Å². The van der Waals surface area contributed by atoms with E-state index >= 15 is 0 Å². The van der Waals surface area contributed by atoms with E-state index in [9.17, 15) is 15.0 Å². The van der Waals surface area contributed by atoms with Crippen molar-refractivity contribution < 1.29 is 28.9 Å². The van der Waals surface area contributed by atoms with Crippen LogP contribution in [0.3, 0.4) is 0 Å². The number of fused-ring (bicyclic) bond motifs is 1. The van der Waals surface area contributed by atoms with E-state index in [-0.39, 0.29) is 19.0 Å². The number of esters is 1. The molecule has 0 unspecified atom stereocenters. The maximum Gasteiger partial charge on any atom is 0.373 e. The number of methoxy groups -OCH3 is 2. The third kappa shape index (κ3) is 2.16. The van der Waals surface area contributed by atoms with Crippen molar-refractivity contribution in [2.24, 2.45) is 0 Å². The summed E-state index contributed by atoms with van der Waals surface area (Å²) < 4.78 is 15.2. The summed E-state index contributed by atoms with van der Waals surface area (Å²) in [5, 5.41) is 19.3. The molecule has 0 amide bonds. The Morgan fingerprint density at radius 3 is 2.53 bits per heavy atom. The number of furan rings is 1. The molecular formula is C13H14O6. The fourth-order valence-corrected chi connectivity index (χ4v) is 1.98. The second-order valence-corrected chi connectivity index (χ2v) is 3.88. The summed E-state index contributed by atoms with van der Waals surface area (Å²) in [5.74, 6) is -0.261. The van der Waals surface area contributed by atoms with E-state index < -0.39 is 5.97 Å². The summed E-state index contributed by atoms with van der Waals surface area (Å²) in [5.41, 5.74) is 1.29. The summed E-state index contributed by atoms with van der Waals surface area (Å²) in [6.45, 7) is -0.551. The fourth-order valence-electron chi connectivity index (χ4n) is 1.98. The molecule has 1 aromatic carbocycles. The predicted octanol–water partition coefficient (Wildman–Crippen LogP) is 1.21. The van der Waals surface area contributed by atoms with Gasteiger partial charge in [-0.15, -0.1) is 0 Å². The molecule has 19 heavy (non-hydrogen) atoms. The molecule has 2 rings (SSSR count). The molecule has 2 N–H and O–H groups in total. The lowest BCUT2D eigenvalue weighted by atomic mass is 10.0. The third-order valence-electron chi connectivity index (χ3n) is 2.88. The number of ether oxygens (including phenoxy) is 2. The van der Waals surface area contributed by atoms with Gasteiger partial charge in [-0.2, -0.15) is 0 Å². The summed E-state index contributed by atoms with van der Waals surface area (Å²) in [7, 11) is 2.68. The Bertz CT molecular complexity index is 613. The standard InChI is InChI=1S/C13H14O6/c1-17-12-9(6-15)8(5-14)3-7-4-10(13(16)18-2)19-11(7)12/h3-4,14-15H,5-6H2,1-2H3. The van der Waals surface area contributed by atoms with E-state index in [1.54, 1.807) is 6.07 Å². The molecule has 2 aromatic rings. The quantitative estimate of drug-likeness (QED) is 0.809. The highest BCUT2D eigenvalue weighted by molar-refractivity contribution is 5.95. The van der Waals surface area contributed by atoms with Crippen LogP contribution in [0.2, 0.25) is 0 Å². The highest BCUT2D eigenvalue weighted by Gasteiger charge is 2.20. The molecule has 1 heterocycles. The van der Waals surface area contributed by atoms with E-state index in [1.807, 2.05) is 0 Å². The van der Waals surface area contributed by atoms with Gasteiger partial charge < -0.3 is 24.1 Å². The van der Waals surface area contributed by atoms with E-state index in [2.05, 4.69) is 4.74 Å². The minimum Gasteiger partial charge on any atom is -0.492 e. The zero-order valence-corrected chi connectivity index (χ0v) is 10.6. The first kappa shape index (κ1) is 13.4. The van der Waals surface area contributed by atoms with Gasteiger partial charge in [-0.3, -0.25) is 0 Å². The molecule has 0 saturated carbocycles. The number of aliphatic hydroxyl groups excluding tert-OH is 2. The first-order valence-electron chi connectivity index (χ1n) is 5.58. The maximum absolute atomic E-state index is 11.4. The van der Waals surface area contributed by atoms with Crippen LogP contribution in [0.25, 0.3) is 11.0 Å². The van der Waals surface area contributed by atoms with Crippen LogP contribution in [0.4, 0.5) is 0 Å². The highest BCUT2D eigenvalue weighted by atomic mass is 16.5. The van der Waals surface area contributed by atoms with Gasteiger partial charge in [0.1, 0.15) is 0 Å². The Labute approximate surface area is 109 Å². The van der Waals surface area contributed by atoms with Crippen molar-refractivity contribution in [1.82, 2.24) is 0 Å². The van der Waals surface area contributed by atoms with Crippen LogP contribution in [0, 0.1) is 0 Å². The zero-order valence-electron chi connectivity index (χ0n) is 10.6. The van der Waals surface area contributed by atoms with Crippen LogP contribution in [0.5, 0.6) is 5.75 Å². The first-order valence-corrected chi connectivity index (χ1v) is 5.58. The number of rotatable bonds is 4. The van der Waals surface area contributed by atoms with Crippen molar-refractivity contribution in [3.8, 4) is 5.75 Å². The van der Waals surface area contributed by atoms with Crippen molar-refractivity contribution in [3.63, 3.8) is 0 Å². The Kier molecular flexibility index (Phi) is 3.73. The molecule has 6 heteroatoms. The lowest BCUT2D eigenvalue weighted by Gasteiger charge is -2.10. The van der Waals surface area contributed by atoms with Gasteiger partial charge in [0.15, 0.2) is 11.3 Å². The number of hydrogen-bond donors (Lipinski definition) is 2. The van der Waals surface area contributed by atoms with Gasteiger partial charge >= 0.3 is 5.97 Å². The van der Waals surface area contributed by atoms with Crippen LogP contribution in [-0.2, 0) is 18.0 Å². The lowest BCUT2D eigenvalue weighted by molar-refractivity contribution is 0.0567. The average molecular weight is 266 g/mol. The number of aliphatic hydroxyl groups is 2. The SMILES string of the molecule is COC(=O)c1cc2cc(CO)c(CO)c(OC)c2o1. The van der Waals surface area contributed by atoms with Crippen molar-refractivity contribution in [2.75, 3.05) is 14.2 Å². The topological polar surface area (TPSA) is 89.1 Å². The minimum atomic E-state index is -0.602.